The molecule has 5 heteroatoms. The first-order valence-electron chi connectivity index (χ1n) is 5.60. The molecule has 2 unspecified atom stereocenters. The molecule has 0 amide bonds. The standard InChI is InChI=1S/C12H15Br2NO2/c1-7-11(2-3-17-7)15-6-8-4-9(13)12(16)10(14)5-8/h4-5,7,11,15-16H,2-3,6H2,1H3. The van der Waals surface area contributed by atoms with Crippen LogP contribution in [0.2, 0.25) is 0 Å². The van der Waals surface area contributed by atoms with Crippen molar-refractivity contribution >= 4 is 31.9 Å². The number of ether oxygens (including phenoxy) is 1. The molecule has 2 rings (SSSR count). The van der Waals surface area contributed by atoms with Gasteiger partial charge in [0.15, 0.2) is 0 Å². The zero-order valence-electron chi connectivity index (χ0n) is 9.54. The number of nitrogens with one attached hydrogen (secondary N) is 1. The molecule has 3 nitrogen and oxygen atoms in total. The molecule has 1 aliphatic rings. The topological polar surface area (TPSA) is 41.5 Å². The van der Waals surface area contributed by atoms with Gasteiger partial charge in [-0.15, -0.1) is 0 Å². The summed E-state index contributed by atoms with van der Waals surface area (Å²) in [5.74, 6) is 0.242. The highest BCUT2D eigenvalue weighted by Gasteiger charge is 2.23. The second kappa shape index (κ2) is 5.69. The minimum atomic E-state index is 0.242. The predicted molar refractivity (Wildman–Crippen MR) is 74.2 cm³/mol. The van der Waals surface area contributed by atoms with Gasteiger partial charge in [0, 0.05) is 19.2 Å². The van der Waals surface area contributed by atoms with E-state index in [0.29, 0.717) is 15.0 Å². The number of hydrogen-bond acceptors (Lipinski definition) is 3. The Bertz CT molecular complexity index is 388. The van der Waals surface area contributed by atoms with Gasteiger partial charge in [-0.3, -0.25) is 0 Å². The van der Waals surface area contributed by atoms with E-state index in [1.54, 1.807) is 0 Å². The van der Waals surface area contributed by atoms with Gasteiger partial charge in [0.25, 0.3) is 0 Å². The Balaban J connectivity index is 1.99. The first-order chi connectivity index (χ1) is 8.08. The van der Waals surface area contributed by atoms with Gasteiger partial charge in [-0.25, -0.2) is 0 Å². The molecule has 2 atom stereocenters. The zero-order chi connectivity index (χ0) is 12.4. The second-order valence-electron chi connectivity index (χ2n) is 4.26. The highest BCUT2D eigenvalue weighted by atomic mass is 79.9. The summed E-state index contributed by atoms with van der Waals surface area (Å²) in [7, 11) is 0. The molecule has 0 aliphatic carbocycles. The fourth-order valence-electron chi connectivity index (χ4n) is 1.97. The van der Waals surface area contributed by atoms with E-state index in [1.165, 1.54) is 0 Å². The summed E-state index contributed by atoms with van der Waals surface area (Å²) in [5, 5.41) is 13.1. The zero-order valence-corrected chi connectivity index (χ0v) is 12.7. The third-order valence-electron chi connectivity index (χ3n) is 3.02. The third-order valence-corrected chi connectivity index (χ3v) is 4.23. The molecule has 0 saturated carbocycles. The maximum atomic E-state index is 9.62. The average molecular weight is 365 g/mol. The van der Waals surface area contributed by atoms with Gasteiger partial charge < -0.3 is 15.2 Å². The van der Waals surface area contributed by atoms with E-state index < -0.39 is 0 Å². The number of halogens is 2. The summed E-state index contributed by atoms with van der Waals surface area (Å²) in [5.41, 5.74) is 1.13. The monoisotopic (exact) mass is 363 g/mol. The molecular formula is C12H15Br2NO2. The van der Waals surface area contributed by atoms with Crippen molar-refractivity contribution in [1.29, 1.82) is 0 Å². The molecule has 94 valence electrons. The molecule has 1 fully saturated rings. The molecule has 0 aromatic heterocycles. The first kappa shape index (κ1) is 13.3. The molecule has 1 aromatic rings. The van der Waals surface area contributed by atoms with Crippen LogP contribution in [0.1, 0.15) is 18.9 Å². The van der Waals surface area contributed by atoms with Crippen LogP contribution < -0.4 is 5.32 Å². The Labute approximate surface area is 118 Å². The summed E-state index contributed by atoms with van der Waals surface area (Å²) in [6.45, 7) is 3.70. The molecule has 1 heterocycles. The number of rotatable bonds is 3. The smallest absolute Gasteiger partial charge is 0.143 e. The summed E-state index contributed by atoms with van der Waals surface area (Å²) < 4.78 is 6.91. The lowest BCUT2D eigenvalue weighted by atomic mass is 10.1. The van der Waals surface area contributed by atoms with Gasteiger partial charge in [-0.2, -0.15) is 0 Å². The van der Waals surface area contributed by atoms with Gasteiger partial charge >= 0.3 is 0 Å². The Kier molecular flexibility index (Phi) is 4.47. The van der Waals surface area contributed by atoms with Crippen molar-refractivity contribution in [2.75, 3.05) is 6.61 Å². The lowest BCUT2D eigenvalue weighted by Gasteiger charge is -2.16. The maximum absolute atomic E-state index is 9.62. The molecule has 0 spiro atoms. The van der Waals surface area contributed by atoms with E-state index >= 15 is 0 Å². The molecule has 17 heavy (non-hydrogen) atoms. The SMILES string of the molecule is CC1OCCC1NCc1cc(Br)c(O)c(Br)c1. The van der Waals surface area contributed by atoms with Crippen molar-refractivity contribution in [1.82, 2.24) is 5.32 Å². The molecular weight excluding hydrogens is 350 g/mol. The lowest BCUT2D eigenvalue weighted by Crippen LogP contribution is -2.34. The molecule has 0 bridgehead atoms. The molecule has 1 aromatic carbocycles. The van der Waals surface area contributed by atoms with Crippen LogP contribution in [0.25, 0.3) is 0 Å². The number of hydrogen-bond donors (Lipinski definition) is 2. The minimum Gasteiger partial charge on any atom is -0.506 e. The molecule has 2 N–H and O–H groups in total. The van der Waals surface area contributed by atoms with E-state index in [9.17, 15) is 5.11 Å². The summed E-state index contributed by atoms with van der Waals surface area (Å²) in [4.78, 5) is 0. The quantitative estimate of drug-likeness (QED) is 0.865. The van der Waals surface area contributed by atoms with Crippen molar-refractivity contribution in [2.45, 2.75) is 32.0 Å². The van der Waals surface area contributed by atoms with Crippen molar-refractivity contribution in [3.63, 3.8) is 0 Å². The van der Waals surface area contributed by atoms with Gasteiger partial charge in [-0.05, 0) is 62.9 Å². The maximum Gasteiger partial charge on any atom is 0.143 e. The highest BCUT2D eigenvalue weighted by molar-refractivity contribution is 9.11. The van der Waals surface area contributed by atoms with Crippen LogP contribution in [0.5, 0.6) is 5.75 Å². The Hall–Kier alpha value is -0.100. The Morgan fingerprint density at radius 3 is 2.59 bits per heavy atom. The molecule has 0 radical (unpaired) electrons. The van der Waals surface area contributed by atoms with Gasteiger partial charge in [0.2, 0.25) is 0 Å². The van der Waals surface area contributed by atoms with Crippen LogP contribution >= 0.6 is 31.9 Å². The van der Waals surface area contributed by atoms with E-state index in [-0.39, 0.29) is 11.9 Å². The van der Waals surface area contributed by atoms with E-state index in [1.807, 2.05) is 12.1 Å². The Morgan fingerprint density at radius 2 is 2.06 bits per heavy atom. The van der Waals surface area contributed by atoms with Gasteiger partial charge in [0.1, 0.15) is 5.75 Å². The van der Waals surface area contributed by atoms with Crippen LogP contribution in [0.15, 0.2) is 21.1 Å². The second-order valence-corrected chi connectivity index (χ2v) is 5.97. The third kappa shape index (κ3) is 3.22. The van der Waals surface area contributed by atoms with Crippen LogP contribution in [0.4, 0.5) is 0 Å². The van der Waals surface area contributed by atoms with E-state index in [2.05, 4.69) is 44.1 Å². The summed E-state index contributed by atoms with van der Waals surface area (Å²) in [6, 6.07) is 4.27. The van der Waals surface area contributed by atoms with Crippen LogP contribution in [0.3, 0.4) is 0 Å². The van der Waals surface area contributed by atoms with Crippen molar-refractivity contribution in [3.05, 3.63) is 26.6 Å². The normalized spacial score (nSPS) is 24.2. The Morgan fingerprint density at radius 1 is 1.41 bits per heavy atom. The van der Waals surface area contributed by atoms with Crippen molar-refractivity contribution < 1.29 is 9.84 Å². The number of phenols is 1. The highest BCUT2D eigenvalue weighted by Crippen LogP contribution is 2.33. The lowest BCUT2D eigenvalue weighted by molar-refractivity contribution is 0.113. The summed E-state index contributed by atoms with van der Waals surface area (Å²) >= 11 is 6.66. The van der Waals surface area contributed by atoms with Crippen LogP contribution in [-0.2, 0) is 11.3 Å². The summed E-state index contributed by atoms with van der Waals surface area (Å²) in [6.07, 6.45) is 1.33. The fraction of sp³-hybridized carbons (Fsp3) is 0.500. The molecule has 1 aliphatic heterocycles. The predicted octanol–water partition coefficient (Wildman–Crippen LogP) is 3.18. The minimum absolute atomic E-state index is 0.242. The van der Waals surface area contributed by atoms with Gasteiger partial charge in [0.05, 0.1) is 15.0 Å². The van der Waals surface area contributed by atoms with Crippen LogP contribution in [-0.4, -0.2) is 23.9 Å². The van der Waals surface area contributed by atoms with Gasteiger partial charge in [-0.1, -0.05) is 0 Å². The van der Waals surface area contributed by atoms with Crippen molar-refractivity contribution in [3.8, 4) is 5.75 Å². The number of aromatic hydroxyl groups is 1. The van der Waals surface area contributed by atoms with E-state index in [0.717, 1.165) is 25.1 Å². The number of phenolic OH excluding ortho intramolecular Hbond substituents is 1. The first-order valence-corrected chi connectivity index (χ1v) is 7.18. The largest absolute Gasteiger partial charge is 0.506 e. The number of benzene rings is 1. The average Bonchev–Trinajstić information content (AvgIpc) is 2.69. The van der Waals surface area contributed by atoms with Crippen LogP contribution in [0, 0.1) is 0 Å². The molecule has 1 saturated heterocycles. The van der Waals surface area contributed by atoms with E-state index in [4.69, 9.17) is 4.74 Å². The fourth-order valence-corrected chi connectivity index (χ4v) is 3.25. The van der Waals surface area contributed by atoms with Crippen molar-refractivity contribution in [2.24, 2.45) is 0 Å².